The van der Waals surface area contributed by atoms with E-state index in [9.17, 15) is 20.0 Å². The fourth-order valence-electron chi connectivity index (χ4n) is 1.94. The molecule has 0 bridgehead atoms. The first kappa shape index (κ1) is 14.5. The van der Waals surface area contributed by atoms with Crippen molar-refractivity contribution in [3.05, 3.63) is 63.7 Å². The Balaban J connectivity index is 2.12. The zero-order chi connectivity index (χ0) is 15.4. The molecule has 0 fully saturated rings. The van der Waals surface area contributed by atoms with E-state index in [0.717, 1.165) is 17.2 Å². The van der Waals surface area contributed by atoms with Crippen molar-refractivity contribution in [1.82, 2.24) is 0 Å². The van der Waals surface area contributed by atoms with Crippen molar-refractivity contribution in [2.45, 2.75) is 13.3 Å². The molecule has 2 N–H and O–H groups in total. The summed E-state index contributed by atoms with van der Waals surface area (Å²) in [5, 5.41) is 22.8. The van der Waals surface area contributed by atoms with Crippen LogP contribution in [0.3, 0.4) is 0 Å². The zero-order valence-corrected chi connectivity index (χ0v) is 11.4. The molecule has 0 aliphatic carbocycles. The largest absolute Gasteiger partial charge is 0.506 e. The Hall–Kier alpha value is -2.89. The van der Waals surface area contributed by atoms with Crippen molar-refractivity contribution in [3.63, 3.8) is 0 Å². The van der Waals surface area contributed by atoms with Crippen molar-refractivity contribution in [3.8, 4) is 5.75 Å². The minimum Gasteiger partial charge on any atom is -0.506 e. The number of benzene rings is 2. The number of nitrogens with one attached hydrogen (secondary N) is 1. The third kappa shape index (κ3) is 3.79. The van der Waals surface area contributed by atoms with E-state index in [-0.39, 0.29) is 29.5 Å². The first-order valence-electron chi connectivity index (χ1n) is 6.28. The highest BCUT2D eigenvalue weighted by atomic mass is 16.6. The number of anilines is 1. The molecule has 2 rings (SSSR count). The average molecular weight is 286 g/mol. The summed E-state index contributed by atoms with van der Waals surface area (Å²) in [6, 6.07) is 11.0. The second-order valence-corrected chi connectivity index (χ2v) is 4.67. The fourth-order valence-corrected chi connectivity index (χ4v) is 1.94. The normalized spacial score (nSPS) is 10.1. The molecular weight excluding hydrogens is 272 g/mol. The van der Waals surface area contributed by atoms with Crippen LogP contribution >= 0.6 is 0 Å². The molecule has 0 aliphatic rings. The molecule has 1 amide bonds. The molecule has 0 unspecified atom stereocenters. The lowest BCUT2D eigenvalue weighted by atomic mass is 10.1. The van der Waals surface area contributed by atoms with Gasteiger partial charge in [0.05, 0.1) is 17.0 Å². The molecule has 0 heterocycles. The van der Waals surface area contributed by atoms with Gasteiger partial charge in [0.1, 0.15) is 5.75 Å². The maximum Gasteiger partial charge on any atom is 0.271 e. The highest BCUT2D eigenvalue weighted by molar-refractivity contribution is 5.94. The maximum atomic E-state index is 11.9. The summed E-state index contributed by atoms with van der Waals surface area (Å²) in [6.45, 7) is 1.92. The number of carbonyl (C=O) groups is 1. The summed E-state index contributed by atoms with van der Waals surface area (Å²) in [4.78, 5) is 22.0. The van der Waals surface area contributed by atoms with Gasteiger partial charge in [0.15, 0.2) is 0 Å². The molecule has 0 saturated heterocycles. The van der Waals surface area contributed by atoms with Crippen LogP contribution in [0.1, 0.15) is 11.1 Å². The Morgan fingerprint density at radius 2 is 2.05 bits per heavy atom. The maximum absolute atomic E-state index is 11.9. The number of non-ortho nitro benzene ring substituents is 1. The molecule has 0 aliphatic heterocycles. The molecule has 2 aromatic rings. The first-order chi connectivity index (χ1) is 9.95. The van der Waals surface area contributed by atoms with Crippen LogP contribution in [0, 0.1) is 17.0 Å². The van der Waals surface area contributed by atoms with Crippen molar-refractivity contribution in [2.75, 3.05) is 5.32 Å². The van der Waals surface area contributed by atoms with Crippen LogP contribution < -0.4 is 5.32 Å². The number of rotatable bonds is 4. The number of phenolic OH excluding ortho intramolecular Hbond substituents is 1. The fraction of sp³-hybridized carbons (Fsp3) is 0.133. The van der Waals surface area contributed by atoms with Crippen molar-refractivity contribution in [2.24, 2.45) is 0 Å². The van der Waals surface area contributed by atoms with Gasteiger partial charge < -0.3 is 10.4 Å². The third-order valence-corrected chi connectivity index (χ3v) is 2.91. The standard InChI is InChI=1S/C15H14N2O4/c1-10-3-2-4-11(7-10)8-15(19)16-13-9-12(17(20)21)5-6-14(13)18/h2-7,9,18H,8H2,1H3,(H,16,19). The molecular formula is C15H14N2O4. The van der Waals surface area contributed by atoms with Gasteiger partial charge in [0.25, 0.3) is 5.69 Å². The van der Waals surface area contributed by atoms with E-state index in [4.69, 9.17) is 0 Å². The number of carbonyl (C=O) groups excluding carboxylic acids is 1. The van der Waals surface area contributed by atoms with Gasteiger partial charge in [-0.25, -0.2) is 0 Å². The summed E-state index contributed by atoms with van der Waals surface area (Å²) < 4.78 is 0. The van der Waals surface area contributed by atoms with Gasteiger partial charge in [-0.05, 0) is 18.6 Å². The summed E-state index contributed by atoms with van der Waals surface area (Å²) in [5.41, 5.74) is 1.71. The lowest BCUT2D eigenvalue weighted by molar-refractivity contribution is -0.384. The highest BCUT2D eigenvalue weighted by Gasteiger charge is 2.13. The van der Waals surface area contributed by atoms with E-state index in [1.165, 1.54) is 12.1 Å². The third-order valence-electron chi connectivity index (χ3n) is 2.91. The Morgan fingerprint density at radius 3 is 2.71 bits per heavy atom. The van der Waals surface area contributed by atoms with Gasteiger partial charge in [-0.15, -0.1) is 0 Å². The predicted octanol–water partition coefficient (Wildman–Crippen LogP) is 2.79. The van der Waals surface area contributed by atoms with E-state index < -0.39 is 4.92 Å². The van der Waals surface area contributed by atoms with Crippen molar-refractivity contribution in [1.29, 1.82) is 0 Å². The van der Waals surface area contributed by atoms with Crippen molar-refractivity contribution < 1.29 is 14.8 Å². The number of hydrogen-bond acceptors (Lipinski definition) is 4. The van der Waals surface area contributed by atoms with Gasteiger partial charge in [-0.2, -0.15) is 0 Å². The van der Waals surface area contributed by atoms with Gasteiger partial charge in [-0.3, -0.25) is 14.9 Å². The quantitative estimate of drug-likeness (QED) is 0.513. The minimum atomic E-state index is -0.588. The number of aromatic hydroxyl groups is 1. The monoisotopic (exact) mass is 286 g/mol. The summed E-state index contributed by atoms with van der Waals surface area (Å²) in [7, 11) is 0. The second kappa shape index (κ2) is 6.04. The smallest absolute Gasteiger partial charge is 0.271 e. The van der Waals surface area contributed by atoms with Crippen LogP contribution in [0.2, 0.25) is 0 Å². The molecule has 21 heavy (non-hydrogen) atoms. The lowest BCUT2D eigenvalue weighted by Gasteiger charge is -2.07. The van der Waals surface area contributed by atoms with Crippen LogP contribution in [0.25, 0.3) is 0 Å². The van der Waals surface area contributed by atoms with Gasteiger partial charge >= 0.3 is 0 Å². The van der Waals surface area contributed by atoms with Crippen LogP contribution in [-0.2, 0) is 11.2 Å². The molecule has 6 heteroatoms. The summed E-state index contributed by atoms with van der Waals surface area (Å²) in [6.07, 6.45) is 0.129. The molecule has 0 spiro atoms. The number of phenols is 1. The number of amides is 1. The minimum absolute atomic E-state index is 0.0295. The number of nitro benzene ring substituents is 1. The van der Waals surface area contributed by atoms with E-state index in [1.807, 2.05) is 31.2 Å². The number of hydrogen-bond donors (Lipinski definition) is 2. The zero-order valence-electron chi connectivity index (χ0n) is 11.4. The van der Waals surface area contributed by atoms with Crippen LogP contribution in [-0.4, -0.2) is 15.9 Å². The summed E-state index contributed by atoms with van der Waals surface area (Å²) >= 11 is 0. The van der Waals surface area contributed by atoms with Gasteiger partial charge in [0, 0.05) is 12.1 Å². The average Bonchev–Trinajstić information content (AvgIpc) is 2.41. The van der Waals surface area contributed by atoms with Crippen molar-refractivity contribution >= 4 is 17.3 Å². The molecule has 108 valence electrons. The van der Waals surface area contributed by atoms with Gasteiger partial charge in [0.2, 0.25) is 5.91 Å². The Morgan fingerprint density at radius 1 is 1.29 bits per heavy atom. The molecule has 6 nitrogen and oxygen atoms in total. The van der Waals surface area contributed by atoms with Crippen LogP contribution in [0.15, 0.2) is 42.5 Å². The SMILES string of the molecule is Cc1cccc(CC(=O)Nc2cc([N+](=O)[O-])ccc2O)c1. The van der Waals surface area contributed by atoms with E-state index in [0.29, 0.717) is 0 Å². The Kier molecular flexibility index (Phi) is 4.18. The molecule has 0 aromatic heterocycles. The van der Waals surface area contributed by atoms with Crippen LogP contribution in [0.4, 0.5) is 11.4 Å². The Labute approximate surface area is 121 Å². The van der Waals surface area contributed by atoms with Crippen LogP contribution in [0.5, 0.6) is 5.75 Å². The summed E-state index contributed by atoms with van der Waals surface area (Å²) in [5.74, 6) is -0.561. The Bertz CT molecular complexity index is 698. The van der Waals surface area contributed by atoms with E-state index in [2.05, 4.69) is 5.32 Å². The number of nitrogens with zero attached hydrogens (tertiary/aromatic N) is 1. The van der Waals surface area contributed by atoms with E-state index >= 15 is 0 Å². The number of aryl methyl sites for hydroxylation is 1. The molecule has 0 saturated carbocycles. The van der Waals surface area contributed by atoms with E-state index in [1.54, 1.807) is 0 Å². The predicted molar refractivity (Wildman–Crippen MR) is 78.3 cm³/mol. The molecule has 2 aromatic carbocycles. The molecule has 0 radical (unpaired) electrons. The number of nitro groups is 1. The molecule has 0 atom stereocenters. The lowest BCUT2D eigenvalue weighted by Crippen LogP contribution is -2.14. The second-order valence-electron chi connectivity index (χ2n) is 4.67. The topological polar surface area (TPSA) is 92.5 Å². The first-order valence-corrected chi connectivity index (χ1v) is 6.28. The van der Waals surface area contributed by atoms with Gasteiger partial charge in [-0.1, -0.05) is 29.8 Å². The highest BCUT2D eigenvalue weighted by Crippen LogP contribution is 2.27.